The van der Waals surface area contributed by atoms with Gasteiger partial charge in [-0.2, -0.15) is 0 Å². The molecule has 0 N–H and O–H groups in total. The Morgan fingerprint density at radius 2 is 0.958 bits per heavy atom. The van der Waals surface area contributed by atoms with E-state index in [4.69, 9.17) is 0 Å². The van der Waals surface area contributed by atoms with Gasteiger partial charge in [0.25, 0.3) is 0 Å². The fourth-order valence-electron chi connectivity index (χ4n) is 12.5. The summed E-state index contributed by atoms with van der Waals surface area (Å²) in [5, 5.41) is 10.4. The molecule has 0 fully saturated rings. The Labute approximate surface area is 430 Å². The largest absolute Gasteiger partial charge is 0.309 e. The van der Waals surface area contributed by atoms with Crippen LogP contribution in [0.15, 0.2) is 152 Å². The van der Waals surface area contributed by atoms with Gasteiger partial charge in [-0.3, -0.25) is 0 Å². The Balaban J connectivity index is 0.992. The van der Waals surface area contributed by atoms with E-state index in [0.29, 0.717) is 0 Å². The van der Waals surface area contributed by atoms with Gasteiger partial charge in [-0.25, -0.2) is 0 Å². The van der Waals surface area contributed by atoms with Crippen molar-refractivity contribution in [2.75, 3.05) is 0 Å². The highest BCUT2D eigenvalue weighted by atomic mass is 15.0. The molecule has 0 atom stereocenters. The molecular formula is C71H73N. The second-order valence-electron chi connectivity index (χ2n) is 23.5. The zero-order valence-corrected chi connectivity index (χ0v) is 44.4. The van der Waals surface area contributed by atoms with E-state index < -0.39 is 0 Å². The van der Waals surface area contributed by atoms with Gasteiger partial charge in [0.05, 0.1) is 11.0 Å². The minimum Gasteiger partial charge on any atom is -0.309 e. The van der Waals surface area contributed by atoms with Gasteiger partial charge >= 0.3 is 0 Å². The summed E-state index contributed by atoms with van der Waals surface area (Å²) in [6, 6.07) is 58.6. The molecular weight excluding hydrogens is 867 g/mol. The summed E-state index contributed by atoms with van der Waals surface area (Å²) >= 11 is 0. The topological polar surface area (TPSA) is 4.93 Å². The number of aromatic nitrogens is 1. The van der Waals surface area contributed by atoms with Crippen LogP contribution < -0.4 is 0 Å². The lowest BCUT2D eigenvalue weighted by Crippen LogP contribution is -2.25. The molecule has 0 aliphatic heterocycles. The standard InChI is InChI=1S/C71H73N/c1-9-11-13-15-17-42-71(43-18-16-14-12-10-2)63-44-48(22-24-50-25-26-53-28-27-51-20-19-21-52-31-38-58(50)68(53)67(51)52)23-37-59(63)60-39-32-54(45-64(60)71)49-29-35-57(36-30-49)72-65-40-33-55(69(3,4)5)46-61(65)62-47-56(70(6,7)8)34-41-66(62)72/h19-21,23,25-41,44-47H,9-18,42-43H2,1-8H3. The van der Waals surface area contributed by atoms with E-state index in [9.17, 15) is 0 Å². The lowest BCUT2D eigenvalue weighted by atomic mass is 9.70. The summed E-state index contributed by atoms with van der Waals surface area (Å²) in [6.07, 6.45) is 15.1. The van der Waals surface area contributed by atoms with Crippen molar-refractivity contribution in [3.63, 3.8) is 0 Å². The smallest absolute Gasteiger partial charge is 0.0541 e. The van der Waals surface area contributed by atoms with Crippen LogP contribution in [-0.4, -0.2) is 4.57 Å². The number of hydrogen-bond acceptors (Lipinski definition) is 0. The van der Waals surface area contributed by atoms with Crippen molar-refractivity contribution in [2.24, 2.45) is 0 Å². The first-order valence-corrected chi connectivity index (χ1v) is 27.5. The van der Waals surface area contributed by atoms with Crippen molar-refractivity contribution in [1.29, 1.82) is 0 Å². The first kappa shape index (κ1) is 47.7. The molecule has 1 aliphatic carbocycles. The molecule has 0 unspecified atom stereocenters. The van der Waals surface area contributed by atoms with Crippen LogP contribution in [0, 0.1) is 11.8 Å². The maximum absolute atomic E-state index is 3.74. The average molecular weight is 940 g/mol. The number of nitrogens with zero attached hydrogens (tertiary/aromatic N) is 1. The van der Waals surface area contributed by atoms with Gasteiger partial charge in [-0.1, -0.05) is 222 Å². The van der Waals surface area contributed by atoms with Crippen LogP contribution in [-0.2, 0) is 16.2 Å². The summed E-state index contributed by atoms with van der Waals surface area (Å²) in [6.45, 7) is 18.6. The molecule has 10 aromatic rings. The van der Waals surface area contributed by atoms with Crippen LogP contribution in [0.4, 0.5) is 0 Å². The molecule has 11 rings (SSSR count). The Kier molecular flexibility index (Phi) is 12.6. The fraction of sp³-hybridized carbons (Fsp3) is 0.324. The predicted octanol–water partition coefficient (Wildman–Crippen LogP) is 20.3. The number of fused-ring (bicyclic) bond motifs is 6. The van der Waals surface area contributed by atoms with Gasteiger partial charge in [0.15, 0.2) is 0 Å². The second-order valence-corrected chi connectivity index (χ2v) is 23.5. The third-order valence-corrected chi connectivity index (χ3v) is 16.6. The Hall–Kier alpha value is -6.62. The van der Waals surface area contributed by atoms with Crippen LogP contribution in [0.25, 0.3) is 82.1 Å². The van der Waals surface area contributed by atoms with Crippen LogP contribution in [0.1, 0.15) is 166 Å². The highest BCUT2D eigenvalue weighted by molar-refractivity contribution is 6.24. The molecule has 0 saturated heterocycles. The SMILES string of the molecule is CCCCCCCC1(CCCCCCC)c2cc(C#Cc3ccc4ccc5cccc6ccc3c4c56)ccc2-c2ccc(-c3ccc(-n4c5ccc(C(C)(C)C)cc5c5cc(C(C)(C)C)ccc54)cc3)cc21. The molecule has 0 spiro atoms. The van der Waals surface area contributed by atoms with E-state index in [0.717, 1.165) is 11.1 Å². The lowest BCUT2D eigenvalue weighted by Gasteiger charge is -2.33. The van der Waals surface area contributed by atoms with Gasteiger partial charge in [-0.05, 0) is 161 Å². The molecule has 0 bridgehead atoms. The second kappa shape index (κ2) is 19.1. The van der Waals surface area contributed by atoms with Crippen LogP contribution in [0.3, 0.4) is 0 Å². The zero-order valence-electron chi connectivity index (χ0n) is 44.4. The van der Waals surface area contributed by atoms with Gasteiger partial charge in [-0.15, -0.1) is 0 Å². The summed E-state index contributed by atoms with van der Waals surface area (Å²) < 4.78 is 2.49. The van der Waals surface area contributed by atoms with E-state index >= 15 is 0 Å². The van der Waals surface area contributed by atoms with E-state index in [2.05, 4.69) is 223 Å². The van der Waals surface area contributed by atoms with E-state index in [-0.39, 0.29) is 16.2 Å². The molecule has 1 aromatic heterocycles. The highest BCUT2D eigenvalue weighted by Crippen LogP contribution is 2.55. The van der Waals surface area contributed by atoms with Crippen molar-refractivity contribution in [1.82, 2.24) is 4.57 Å². The average Bonchev–Trinajstić information content (AvgIpc) is 3.85. The third-order valence-electron chi connectivity index (χ3n) is 16.6. The number of benzene rings is 9. The lowest BCUT2D eigenvalue weighted by molar-refractivity contribution is 0.399. The quantitative estimate of drug-likeness (QED) is 0.0582. The first-order valence-electron chi connectivity index (χ1n) is 27.5. The van der Waals surface area contributed by atoms with Crippen LogP contribution >= 0.6 is 0 Å². The van der Waals surface area contributed by atoms with Gasteiger partial charge in [0.1, 0.15) is 0 Å². The number of unbranched alkanes of at least 4 members (excludes halogenated alkanes) is 8. The van der Waals surface area contributed by atoms with Crippen LogP contribution in [0.2, 0.25) is 0 Å². The molecule has 1 aliphatic rings. The van der Waals surface area contributed by atoms with Crippen molar-refractivity contribution < 1.29 is 0 Å². The highest BCUT2D eigenvalue weighted by Gasteiger charge is 2.42. The normalized spacial score (nSPS) is 13.4. The Morgan fingerprint density at radius 1 is 0.431 bits per heavy atom. The molecule has 9 aromatic carbocycles. The number of rotatable bonds is 14. The maximum atomic E-state index is 3.74. The van der Waals surface area contributed by atoms with Gasteiger partial charge < -0.3 is 4.57 Å². The summed E-state index contributed by atoms with van der Waals surface area (Å²) in [7, 11) is 0. The molecule has 1 nitrogen and oxygen atoms in total. The molecule has 72 heavy (non-hydrogen) atoms. The summed E-state index contributed by atoms with van der Waals surface area (Å²) in [4.78, 5) is 0. The summed E-state index contributed by atoms with van der Waals surface area (Å²) in [5.74, 6) is 7.46. The molecule has 0 saturated carbocycles. The minimum absolute atomic E-state index is 0.0639. The zero-order chi connectivity index (χ0) is 49.8. The molecule has 362 valence electrons. The third kappa shape index (κ3) is 8.60. The first-order chi connectivity index (χ1) is 34.9. The maximum Gasteiger partial charge on any atom is 0.0541 e. The van der Waals surface area contributed by atoms with Gasteiger partial charge in [0, 0.05) is 33.0 Å². The van der Waals surface area contributed by atoms with Crippen molar-refractivity contribution in [3.8, 4) is 39.8 Å². The van der Waals surface area contributed by atoms with E-state index in [1.165, 1.54) is 181 Å². The Bertz CT molecular complexity index is 3580. The summed E-state index contributed by atoms with van der Waals surface area (Å²) in [5.41, 5.74) is 17.1. The predicted molar refractivity (Wildman–Crippen MR) is 313 cm³/mol. The van der Waals surface area contributed by atoms with E-state index in [1.807, 2.05) is 0 Å². The molecule has 1 heteroatoms. The molecule has 0 amide bonds. The monoisotopic (exact) mass is 940 g/mol. The van der Waals surface area contributed by atoms with Crippen molar-refractivity contribution in [2.45, 2.75) is 149 Å². The van der Waals surface area contributed by atoms with Crippen LogP contribution in [0.5, 0.6) is 0 Å². The fourth-order valence-corrected chi connectivity index (χ4v) is 12.5. The van der Waals surface area contributed by atoms with Crippen molar-refractivity contribution in [3.05, 3.63) is 185 Å². The van der Waals surface area contributed by atoms with Gasteiger partial charge in [0.2, 0.25) is 0 Å². The molecule has 0 radical (unpaired) electrons. The molecule has 1 heterocycles. The van der Waals surface area contributed by atoms with E-state index in [1.54, 1.807) is 0 Å². The Morgan fingerprint density at radius 3 is 1.56 bits per heavy atom. The number of hydrogen-bond donors (Lipinski definition) is 0. The minimum atomic E-state index is -0.0650. The van der Waals surface area contributed by atoms with Crippen molar-refractivity contribution >= 4 is 54.1 Å².